The number of ether oxygens (including phenoxy) is 1. The molecule has 0 aliphatic heterocycles. The lowest BCUT2D eigenvalue weighted by Gasteiger charge is -2.24. The average Bonchev–Trinajstić information content (AvgIpc) is 2.59. The molecule has 0 spiro atoms. The molecule has 2 aromatic carbocycles. The minimum Gasteiger partial charge on any atom is -0.494 e. The van der Waals surface area contributed by atoms with E-state index in [-0.39, 0.29) is 11.9 Å². The van der Waals surface area contributed by atoms with Gasteiger partial charge in [0.2, 0.25) is 5.91 Å². The molecule has 1 amide bonds. The zero-order valence-corrected chi connectivity index (χ0v) is 15.8. The first-order valence-electron chi connectivity index (χ1n) is 8.70. The van der Waals surface area contributed by atoms with Crippen LogP contribution in [0.25, 0.3) is 0 Å². The van der Waals surface area contributed by atoms with E-state index >= 15 is 0 Å². The molecule has 0 aliphatic carbocycles. The fraction of sp³-hybridized carbons (Fsp3) is 0.381. The van der Waals surface area contributed by atoms with E-state index in [0.29, 0.717) is 13.2 Å². The Bertz CT molecular complexity index is 710. The second-order valence-corrected chi connectivity index (χ2v) is 6.48. The second-order valence-electron chi connectivity index (χ2n) is 6.48. The molecule has 0 fully saturated rings. The smallest absolute Gasteiger partial charge is 0.241 e. The van der Waals surface area contributed by atoms with Crippen LogP contribution >= 0.6 is 0 Å². The van der Waals surface area contributed by atoms with E-state index in [2.05, 4.69) is 5.32 Å². The number of likely N-dealkylation sites (N-methyl/N-ethyl adjacent to an activating group) is 1. The topological polar surface area (TPSA) is 41.6 Å². The molecule has 2 aromatic rings. The molecule has 0 saturated carbocycles. The Balaban J connectivity index is 1.97. The molecule has 134 valence electrons. The van der Waals surface area contributed by atoms with E-state index in [1.807, 2.05) is 82.1 Å². The molecular weight excluding hydrogens is 312 g/mol. The van der Waals surface area contributed by atoms with Gasteiger partial charge in [0.25, 0.3) is 0 Å². The molecule has 0 radical (unpaired) electrons. The Labute approximate surface area is 150 Å². The van der Waals surface area contributed by atoms with Crippen LogP contribution in [0, 0.1) is 13.8 Å². The monoisotopic (exact) mass is 340 g/mol. The summed E-state index contributed by atoms with van der Waals surface area (Å²) in [5.41, 5.74) is 4.24. The molecule has 0 saturated heterocycles. The number of nitrogens with zero attached hydrogens (tertiary/aromatic N) is 1. The summed E-state index contributed by atoms with van der Waals surface area (Å²) in [6, 6.07) is 13.9. The third kappa shape index (κ3) is 5.33. The van der Waals surface area contributed by atoms with Gasteiger partial charge in [-0.2, -0.15) is 0 Å². The highest BCUT2D eigenvalue weighted by atomic mass is 16.5. The van der Waals surface area contributed by atoms with E-state index in [4.69, 9.17) is 4.74 Å². The molecule has 4 nitrogen and oxygen atoms in total. The number of hydrogen-bond acceptors (Lipinski definition) is 3. The van der Waals surface area contributed by atoms with Crippen LogP contribution in [0.2, 0.25) is 0 Å². The molecule has 0 heterocycles. The van der Waals surface area contributed by atoms with Crippen LogP contribution in [0.4, 0.5) is 5.69 Å². The standard InChI is InChI=1S/C21H28N2O2/c1-6-25-19-11-9-18(10-12-19)14-23(5)17(4)21(24)22-20-13-15(2)7-8-16(20)3/h7-13,17H,6,14H2,1-5H3,(H,22,24)/t17-/m1/s1. The van der Waals surface area contributed by atoms with Gasteiger partial charge in [0.1, 0.15) is 5.75 Å². The van der Waals surface area contributed by atoms with Gasteiger partial charge in [-0.05, 0) is 69.6 Å². The lowest BCUT2D eigenvalue weighted by molar-refractivity contribution is -0.120. The maximum atomic E-state index is 12.6. The highest BCUT2D eigenvalue weighted by molar-refractivity contribution is 5.95. The van der Waals surface area contributed by atoms with Crippen LogP contribution in [0.5, 0.6) is 5.75 Å². The minimum absolute atomic E-state index is 0.00198. The minimum atomic E-state index is -0.230. The number of amides is 1. The summed E-state index contributed by atoms with van der Waals surface area (Å²) in [7, 11) is 1.96. The SMILES string of the molecule is CCOc1ccc(CN(C)[C@H](C)C(=O)Nc2cc(C)ccc2C)cc1. The number of carbonyl (C=O) groups is 1. The number of rotatable bonds is 7. The van der Waals surface area contributed by atoms with E-state index < -0.39 is 0 Å². The number of nitrogens with one attached hydrogen (secondary N) is 1. The van der Waals surface area contributed by atoms with Gasteiger partial charge in [-0.3, -0.25) is 9.69 Å². The lowest BCUT2D eigenvalue weighted by atomic mass is 10.1. The Morgan fingerprint density at radius 2 is 1.84 bits per heavy atom. The molecule has 0 aromatic heterocycles. The second kappa shape index (κ2) is 8.67. The van der Waals surface area contributed by atoms with Crippen molar-refractivity contribution < 1.29 is 9.53 Å². The van der Waals surface area contributed by atoms with Crippen molar-refractivity contribution in [1.82, 2.24) is 4.90 Å². The molecule has 25 heavy (non-hydrogen) atoms. The van der Waals surface area contributed by atoms with Crippen molar-refractivity contribution in [3.05, 3.63) is 59.2 Å². The number of hydrogen-bond donors (Lipinski definition) is 1. The summed E-state index contributed by atoms with van der Waals surface area (Å²) < 4.78 is 5.46. The normalized spacial score (nSPS) is 12.1. The fourth-order valence-electron chi connectivity index (χ4n) is 2.59. The van der Waals surface area contributed by atoms with E-state index in [1.54, 1.807) is 0 Å². The van der Waals surface area contributed by atoms with Crippen molar-refractivity contribution in [2.75, 3.05) is 19.0 Å². The highest BCUT2D eigenvalue weighted by Gasteiger charge is 2.19. The Morgan fingerprint density at radius 1 is 1.16 bits per heavy atom. The predicted molar refractivity (Wildman–Crippen MR) is 103 cm³/mol. The van der Waals surface area contributed by atoms with Crippen molar-refractivity contribution in [3.63, 3.8) is 0 Å². The molecule has 1 N–H and O–H groups in total. The van der Waals surface area contributed by atoms with Gasteiger partial charge in [-0.15, -0.1) is 0 Å². The Hall–Kier alpha value is -2.33. The maximum absolute atomic E-state index is 12.6. The number of carbonyl (C=O) groups excluding carboxylic acids is 1. The predicted octanol–water partition coefficient (Wildman–Crippen LogP) is 4.16. The third-order valence-electron chi connectivity index (χ3n) is 4.36. The summed E-state index contributed by atoms with van der Waals surface area (Å²) in [6.45, 7) is 9.29. The average molecular weight is 340 g/mol. The molecular formula is C21H28N2O2. The molecule has 2 rings (SSSR count). The number of anilines is 1. The van der Waals surface area contributed by atoms with E-state index in [0.717, 1.165) is 28.1 Å². The molecule has 0 aliphatic rings. The molecule has 0 bridgehead atoms. The van der Waals surface area contributed by atoms with Crippen LogP contribution in [0.3, 0.4) is 0 Å². The maximum Gasteiger partial charge on any atom is 0.241 e. The van der Waals surface area contributed by atoms with Crippen LogP contribution in [-0.2, 0) is 11.3 Å². The van der Waals surface area contributed by atoms with Crippen molar-refractivity contribution >= 4 is 11.6 Å². The van der Waals surface area contributed by atoms with Crippen LogP contribution in [0.15, 0.2) is 42.5 Å². The van der Waals surface area contributed by atoms with Gasteiger partial charge < -0.3 is 10.1 Å². The molecule has 4 heteroatoms. The summed E-state index contributed by atoms with van der Waals surface area (Å²) in [5, 5.41) is 3.04. The van der Waals surface area contributed by atoms with Gasteiger partial charge in [0.05, 0.1) is 12.6 Å². The van der Waals surface area contributed by atoms with Crippen molar-refractivity contribution in [2.45, 2.75) is 40.3 Å². The van der Waals surface area contributed by atoms with E-state index in [9.17, 15) is 4.79 Å². The largest absolute Gasteiger partial charge is 0.494 e. The zero-order chi connectivity index (χ0) is 18.4. The van der Waals surface area contributed by atoms with E-state index in [1.165, 1.54) is 0 Å². The van der Waals surface area contributed by atoms with Crippen LogP contribution in [0.1, 0.15) is 30.5 Å². The number of benzene rings is 2. The van der Waals surface area contributed by atoms with Gasteiger partial charge in [0, 0.05) is 12.2 Å². The fourth-order valence-corrected chi connectivity index (χ4v) is 2.59. The first-order valence-corrected chi connectivity index (χ1v) is 8.70. The third-order valence-corrected chi connectivity index (χ3v) is 4.36. The summed E-state index contributed by atoms with van der Waals surface area (Å²) in [5.74, 6) is 0.872. The van der Waals surface area contributed by atoms with Crippen molar-refractivity contribution in [1.29, 1.82) is 0 Å². The van der Waals surface area contributed by atoms with Gasteiger partial charge in [-0.1, -0.05) is 24.3 Å². The van der Waals surface area contributed by atoms with Crippen molar-refractivity contribution in [2.24, 2.45) is 0 Å². The number of aryl methyl sites for hydroxylation is 2. The van der Waals surface area contributed by atoms with Gasteiger partial charge in [0.15, 0.2) is 0 Å². The Morgan fingerprint density at radius 3 is 2.48 bits per heavy atom. The zero-order valence-electron chi connectivity index (χ0n) is 15.8. The molecule has 0 unspecified atom stereocenters. The quantitative estimate of drug-likeness (QED) is 0.823. The highest BCUT2D eigenvalue weighted by Crippen LogP contribution is 2.18. The lowest BCUT2D eigenvalue weighted by Crippen LogP contribution is -2.39. The van der Waals surface area contributed by atoms with Crippen LogP contribution in [-0.4, -0.2) is 30.5 Å². The van der Waals surface area contributed by atoms with Crippen molar-refractivity contribution in [3.8, 4) is 5.75 Å². The van der Waals surface area contributed by atoms with Gasteiger partial charge in [-0.25, -0.2) is 0 Å². The Kier molecular flexibility index (Phi) is 6.59. The van der Waals surface area contributed by atoms with Crippen LogP contribution < -0.4 is 10.1 Å². The van der Waals surface area contributed by atoms with Gasteiger partial charge >= 0.3 is 0 Å². The summed E-state index contributed by atoms with van der Waals surface area (Å²) in [4.78, 5) is 14.6. The first-order chi connectivity index (χ1) is 11.9. The summed E-state index contributed by atoms with van der Waals surface area (Å²) >= 11 is 0. The summed E-state index contributed by atoms with van der Waals surface area (Å²) in [6.07, 6.45) is 0. The molecule has 1 atom stereocenters. The first kappa shape index (κ1) is 19.0.